The summed E-state index contributed by atoms with van der Waals surface area (Å²) in [4.78, 5) is 23.6. The Morgan fingerprint density at radius 3 is 2.32 bits per heavy atom. The molecule has 1 atom stereocenters. The first-order valence-corrected chi connectivity index (χ1v) is 6.10. The largest absolute Gasteiger partial charge is 0.320 e. The van der Waals surface area contributed by atoms with Gasteiger partial charge >= 0.3 is 0 Å². The highest BCUT2D eigenvalue weighted by molar-refractivity contribution is 5.96. The number of nitro benzene ring substituents is 1. The van der Waals surface area contributed by atoms with Gasteiger partial charge in [-0.15, -0.1) is 0 Å². The molecule has 0 aliphatic heterocycles. The van der Waals surface area contributed by atoms with Crippen LogP contribution in [0.4, 0.5) is 11.4 Å². The Labute approximate surface area is 112 Å². The molecule has 1 aromatic rings. The second kappa shape index (κ2) is 6.29. The van der Waals surface area contributed by atoms with E-state index in [0.717, 1.165) is 0 Å². The average molecular weight is 265 g/mol. The van der Waals surface area contributed by atoms with Gasteiger partial charge in [0, 0.05) is 24.9 Å². The molecule has 1 aromatic carbocycles. The van der Waals surface area contributed by atoms with Crippen LogP contribution in [0.1, 0.15) is 20.3 Å². The van der Waals surface area contributed by atoms with Gasteiger partial charge in [0.2, 0.25) is 5.91 Å². The van der Waals surface area contributed by atoms with Crippen molar-refractivity contribution in [1.82, 2.24) is 0 Å². The highest BCUT2D eigenvalue weighted by Crippen LogP contribution is 2.19. The summed E-state index contributed by atoms with van der Waals surface area (Å²) in [6, 6.07) is 5.26. The van der Waals surface area contributed by atoms with Gasteiger partial charge in [-0.05, 0) is 24.5 Å². The Morgan fingerprint density at radius 1 is 1.37 bits per heavy atom. The number of likely N-dealkylation sites (N-methyl/N-ethyl adjacent to an activating group) is 1. The maximum Gasteiger partial charge on any atom is 0.269 e. The first-order chi connectivity index (χ1) is 8.82. The number of rotatable bonds is 5. The van der Waals surface area contributed by atoms with Gasteiger partial charge in [0.15, 0.2) is 0 Å². The van der Waals surface area contributed by atoms with E-state index < -0.39 is 11.0 Å². The van der Waals surface area contributed by atoms with Crippen molar-refractivity contribution in [1.29, 1.82) is 0 Å². The molecular weight excluding hydrogens is 246 g/mol. The maximum atomic E-state index is 12.1. The number of carbonyl (C=O) groups is 1. The van der Waals surface area contributed by atoms with Crippen molar-refractivity contribution in [3.05, 3.63) is 34.4 Å². The fourth-order valence-corrected chi connectivity index (χ4v) is 1.78. The zero-order valence-corrected chi connectivity index (χ0v) is 11.4. The highest BCUT2D eigenvalue weighted by atomic mass is 16.6. The molecule has 0 aliphatic carbocycles. The van der Waals surface area contributed by atoms with Crippen LogP contribution < -0.4 is 10.6 Å². The number of benzene rings is 1. The van der Waals surface area contributed by atoms with Crippen LogP contribution in [0.15, 0.2) is 24.3 Å². The molecule has 2 N–H and O–H groups in total. The number of nitrogens with zero attached hydrogens (tertiary/aromatic N) is 2. The second-order valence-corrected chi connectivity index (χ2v) is 4.91. The van der Waals surface area contributed by atoms with Crippen LogP contribution in [0.2, 0.25) is 0 Å². The first-order valence-electron chi connectivity index (χ1n) is 6.10. The Bertz CT molecular complexity index is 457. The van der Waals surface area contributed by atoms with Gasteiger partial charge in [-0.3, -0.25) is 14.9 Å². The Morgan fingerprint density at radius 2 is 1.89 bits per heavy atom. The van der Waals surface area contributed by atoms with Crippen LogP contribution in [-0.2, 0) is 4.79 Å². The normalized spacial score (nSPS) is 12.3. The van der Waals surface area contributed by atoms with Gasteiger partial charge < -0.3 is 10.6 Å². The summed E-state index contributed by atoms with van der Waals surface area (Å²) in [7, 11) is 1.61. The lowest BCUT2D eigenvalue weighted by atomic mass is 10.0. The van der Waals surface area contributed by atoms with E-state index >= 15 is 0 Å². The molecule has 0 saturated heterocycles. The molecule has 0 radical (unpaired) electrons. The van der Waals surface area contributed by atoms with E-state index in [-0.39, 0.29) is 11.6 Å². The molecule has 1 amide bonds. The van der Waals surface area contributed by atoms with E-state index in [9.17, 15) is 14.9 Å². The zero-order valence-electron chi connectivity index (χ0n) is 11.4. The van der Waals surface area contributed by atoms with E-state index in [4.69, 9.17) is 5.73 Å². The first kappa shape index (κ1) is 15.1. The van der Waals surface area contributed by atoms with Crippen molar-refractivity contribution in [3.63, 3.8) is 0 Å². The van der Waals surface area contributed by atoms with E-state index in [1.54, 1.807) is 7.05 Å². The van der Waals surface area contributed by atoms with Crippen molar-refractivity contribution < 1.29 is 9.72 Å². The number of nitro groups is 1. The Kier molecular flexibility index (Phi) is 5.00. The molecule has 0 heterocycles. The predicted octanol–water partition coefficient (Wildman–Crippen LogP) is 1.93. The standard InChI is InChI=1S/C13H19N3O3/c1-9(2)8-12(14)13(17)15(3)10-4-6-11(7-5-10)16(18)19/h4-7,9,12H,8,14H2,1-3H3/t12-/m0/s1. The van der Waals surface area contributed by atoms with Gasteiger partial charge in [0.05, 0.1) is 11.0 Å². The van der Waals surface area contributed by atoms with Crippen LogP contribution >= 0.6 is 0 Å². The summed E-state index contributed by atoms with van der Waals surface area (Å²) in [5, 5.41) is 10.6. The number of hydrogen-bond donors (Lipinski definition) is 1. The lowest BCUT2D eigenvalue weighted by Gasteiger charge is -2.22. The van der Waals surface area contributed by atoms with E-state index in [1.807, 2.05) is 13.8 Å². The van der Waals surface area contributed by atoms with Crippen LogP contribution in [0.5, 0.6) is 0 Å². The molecule has 0 fully saturated rings. The fourth-order valence-electron chi connectivity index (χ4n) is 1.78. The van der Waals surface area contributed by atoms with Gasteiger partial charge in [0.25, 0.3) is 5.69 Å². The molecule has 0 aliphatic rings. The number of non-ortho nitro benzene ring substituents is 1. The monoisotopic (exact) mass is 265 g/mol. The fraction of sp³-hybridized carbons (Fsp3) is 0.462. The van der Waals surface area contributed by atoms with Crippen LogP contribution in [0.25, 0.3) is 0 Å². The Balaban J connectivity index is 2.79. The second-order valence-electron chi connectivity index (χ2n) is 4.91. The number of nitrogens with two attached hydrogens (primary N) is 1. The minimum absolute atomic E-state index is 0.00363. The van der Waals surface area contributed by atoms with Crippen molar-refractivity contribution >= 4 is 17.3 Å². The van der Waals surface area contributed by atoms with Gasteiger partial charge in [-0.1, -0.05) is 13.8 Å². The van der Waals surface area contributed by atoms with Crippen molar-refractivity contribution in [3.8, 4) is 0 Å². The molecule has 0 unspecified atom stereocenters. The third-order valence-corrected chi connectivity index (χ3v) is 2.82. The van der Waals surface area contributed by atoms with Crippen molar-refractivity contribution in [2.24, 2.45) is 11.7 Å². The smallest absolute Gasteiger partial charge is 0.269 e. The molecule has 6 nitrogen and oxygen atoms in total. The summed E-state index contributed by atoms with van der Waals surface area (Å²) < 4.78 is 0. The molecule has 0 saturated carbocycles. The number of carbonyl (C=O) groups excluding carboxylic acids is 1. The van der Waals surface area contributed by atoms with Crippen LogP contribution in [0.3, 0.4) is 0 Å². The summed E-state index contributed by atoms with van der Waals surface area (Å²) in [5.41, 5.74) is 6.42. The minimum atomic E-state index is -0.555. The Hall–Kier alpha value is -1.95. The van der Waals surface area contributed by atoms with Gasteiger partial charge in [0.1, 0.15) is 0 Å². The molecule has 104 valence electrons. The molecule has 19 heavy (non-hydrogen) atoms. The molecular formula is C13H19N3O3. The third kappa shape index (κ3) is 4.03. The predicted molar refractivity (Wildman–Crippen MR) is 73.9 cm³/mol. The lowest BCUT2D eigenvalue weighted by molar-refractivity contribution is -0.384. The molecule has 1 rings (SSSR count). The number of hydrogen-bond acceptors (Lipinski definition) is 4. The maximum absolute atomic E-state index is 12.1. The summed E-state index contributed by atoms with van der Waals surface area (Å²) in [6.45, 7) is 4.00. The molecule has 0 aromatic heterocycles. The van der Waals surface area contributed by atoms with Gasteiger partial charge in [-0.2, -0.15) is 0 Å². The highest BCUT2D eigenvalue weighted by Gasteiger charge is 2.20. The van der Waals surface area contributed by atoms with E-state index in [0.29, 0.717) is 18.0 Å². The number of anilines is 1. The summed E-state index contributed by atoms with van der Waals surface area (Å²) >= 11 is 0. The minimum Gasteiger partial charge on any atom is -0.320 e. The molecule has 6 heteroatoms. The third-order valence-electron chi connectivity index (χ3n) is 2.82. The SMILES string of the molecule is CC(C)C[C@H](N)C(=O)N(C)c1ccc([N+](=O)[O-])cc1. The van der Waals surface area contributed by atoms with Crippen LogP contribution in [-0.4, -0.2) is 23.9 Å². The average Bonchev–Trinajstić information content (AvgIpc) is 2.36. The van der Waals surface area contributed by atoms with E-state index in [2.05, 4.69) is 0 Å². The summed E-state index contributed by atoms with van der Waals surface area (Å²) in [6.07, 6.45) is 0.607. The zero-order chi connectivity index (χ0) is 14.6. The van der Waals surface area contributed by atoms with Crippen molar-refractivity contribution in [2.45, 2.75) is 26.3 Å². The number of amides is 1. The topological polar surface area (TPSA) is 89.5 Å². The summed E-state index contributed by atoms with van der Waals surface area (Å²) in [5.74, 6) is 0.145. The lowest BCUT2D eigenvalue weighted by Crippen LogP contribution is -2.42. The van der Waals surface area contributed by atoms with Gasteiger partial charge in [-0.25, -0.2) is 0 Å². The molecule has 0 spiro atoms. The quantitative estimate of drug-likeness (QED) is 0.650. The van der Waals surface area contributed by atoms with Crippen LogP contribution in [0, 0.1) is 16.0 Å². The molecule has 0 bridgehead atoms. The van der Waals surface area contributed by atoms with Crippen molar-refractivity contribution in [2.75, 3.05) is 11.9 Å². The van der Waals surface area contributed by atoms with E-state index in [1.165, 1.54) is 29.2 Å².